The Kier molecular flexibility index (Phi) is 6.93. The van der Waals surface area contributed by atoms with Gasteiger partial charge in [-0.05, 0) is 31.1 Å². The Morgan fingerprint density at radius 1 is 1.22 bits per heavy atom. The molecule has 1 heterocycles. The fourth-order valence-corrected chi connectivity index (χ4v) is 2.73. The van der Waals surface area contributed by atoms with Crippen LogP contribution in [-0.4, -0.2) is 36.4 Å². The molecule has 0 bridgehead atoms. The lowest BCUT2D eigenvalue weighted by atomic mass is 9.97. The number of carbonyl (C=O) groups excluding carboxylic acids is 3. The zero-order valence-corrected chi connectivity index (χ0v) is 15.7. The van der Waals surface area contributed by atoms with Crippen LogP contribution >= 0.6 is 0 Å². The molecule has 0 aromatic heterocycles. The number of esters is 1. The van der Waals surface area contributed by atoms with Gasteiger partial charge in [0.15, 0.2) is 5.78 Å². The summed E-state index contributed by atoms with van der Waals surface area (Å²) in [5.74, 6) is -1.35. The van der Waals surface area contributed by atoms with Crippen LogP contribution in [0.3, 0.4) is 0 Å². The second-order valence-electron chi connectivity index (χ2n) is 6.64. The fourth-order valence-electron chi connectivity index (χ4n) is 2.73. The number of hydrogen-bond donors (Lipinski definition) is 1. The number of allylic oxidation sites excluding steroid dienone is 2. The largest absolute Gasteiger partial charge is 0.507 e. The van der Waals surface area contributed by atoms with E-state index in [1.165, 1.54) is 19.3 Å². The summed E-state index contributed by atoms with van der Waals surface area (Å²) in [6, 6.07) is 2.95. The number of fused-ring (bicyclic) bond motifs is 1. The fraction of sp³-hybridized carbons (Fsp3) is 0.381. The highest BCUT2D eigenvalue weighted by Gasteiger charge is 2.23. The topological polar surface area (TPSA) is 89.9 Å². The molecule has 1 aliphatic heterocycles. The first kappa shape index (κ1) is 20.4. The standard InChI is InChI=1S/C21H24O6/c1-13-7-8-17(23)9-15(12-22)5-4-6-16-10-18(26-3)11-19(24)20(16)21(25)27-14(13)2/h4,6-8,10-15,24H,5,9H2,1-3H3/b6-4+,8-7-/t13-,14+,15?/m1/s1. The highest BCUT2D eigenvalue weighted by molar-refractivity contribution is 5.97. The predicted octanol–water partition coefficient (Wildman–Crippen LogP) is 3.33. The van der Waals surface area contributed by atoms with Crippen molar-refractivity contribution in [2.75, 3.05) is 7.11 Å². The minimum Gasteiger partial charge on any atom is -0.507 e. The van der Waals surface area contributed by atoms with Crippen molar-refractivity contribution in [2.45, 2.75) is 32.8 Å². The quantitative estimate of drug-likeness (QED) is 0.633. The van der Waals surface area contributed by atoms with Crippen molar-refractivity contribution >= 4 is 24.1 Å². The Labute approximate surface area is 158 Å². The smallest absolute Gasteiger partial charge is 0.342 e. The van der Waals surface area contributed by atoms with Crippen molar-refractivity contribution in [1.29, 1.82) is 0 Å². The van der Waals surface area contributed by atoms with E-state index in [0.29, 0.717) is 17.7 Å². The first-order valence-electron chi connectivity index (χ1n) is 8.80. The summed E-state index contributed by atoms with van der Waals surface area (Å²) in [5.41, 5.74) is 0.450. The summed E-state index contributed by atoms with van der Waals surface area (Å²) in [5, 5.41) is 10.3. The van der Waals surface area contributed by atoms with Gasteiger partial charge in [0.25, 0.3) is 0 Å². The number of carbonyl (C=O) groups is 3. The van der Waals surface area contributed by atoms with E-state index < -0.39 is 18.0 Å². The maximum absolute atomic E-state index is 12.6. The van der Waals surface area contributed by atoms with Crippen LogP contribution in [0.15, 0.2) is 30.4 Å². The molecule has 1 aliphatic rings. The average molecular weight is 372 g/mol. The van der Waals surface area contributed by atoms with Gasteiger partial charge in [-0.2, -0.15) is 0 Å². The second-order valence-corrected chi connectivity index (χ2v) is 6.64. The summed E-state index contributed by atoms with van der Waals surface area (Å²) in [6.07, 6.45) is 7.10. The van der Waals surface area contributed by atoms with E-state index >= 15 is 0 Å². The van der Waals surface area contributed by atoms with Crippen molar-refractivity contribution in [2.24, 2.45) is 11.8 Å². The molecule has 27 heavy (non-hydrogen) atoms. The lowest BCUT2D eigenvalue weighted by molar-refractivity contribution is -0.119. The summed E-state index contributed by atoms with van der Waals surface area (Å²) >= 11 is 0. The normalized spacial score (nSPS) is 26.3. The second kappa shape index (κ2) is 9.16. The molecule has 144 valence electrons. The minimum absolute atomic E-state index is 0.0332. The Hall–Kier alpha value is -2.89. The van der Waals surface area contributed by atoms with Gasteiger partial charge in [-0.3, -0.25) is 4.79 Å². The van der Waals surface area contributed by atoms with Crippen LogP contribution in [0.4, 0.5) is 0 Å². The van der Waals surface area contributed by atoms with E-state index in [9.17, 15) is 19.5 Å². The van der Waals surface area contributed by atoms with E-state index in [0.717, 1.165) is 6.29 Å². The van der Waals surface area contributed by atoms with Crippen molar-refractivity contribution in [1.82, 2.24) is 0 Å². The van der Waals surface area contributed by atoms with Gasteiger partial charge in [-0.1, -0.05) is 25.2 Å². The predicted molar refractivity (Wildman–Crippen MR) is 101 cm³/mol. The van der Waals surface area contributed by atoms with E-state index in [4.69, 9.17) is 9.47 Å². The van der Waals surface area contributed by atoms with Crippen molar-refractivity contribution in [3.8, 4) is 11.5 Å². The molecule has 6 heteroatoms. The molecule has 1 N–H and O–H groups in total. The van der Waals surface area contributed by atoms with Crippen molar-refractivity contribution in [3.05, 3.63) is 41.5 Å². The molecule has 0 spiro atoms. The van der Waals surface area contributed by atoms with Crippen LogP contribution in [0.5, 0.6) is 11.5 Å². The Balaban J connectivity index is 2.49. The van der Waals surface area contributed by atoms with Gasteiger partial charge in [-0.25, -0.2) is 4.79 Å². The van der Waals surface area contributed by atoms with E-state index in [2.05, 4.69) is 0 Å². The SMILES string of the molecule is COc1cc(O)c2c(c1)/C=C/CC(C=O)CC(=O)/C=C\[C@@H](C)[C@H](C)OC2=O. The summed E-state index contributed by atoms with van der Waals surface area (Å²) in [6.45, 7) is 3.53. The molecule has 0 saturated heterocycles. The molecule has 0 saturated carbocycles. The molecule has 6 nitrogen and oxygen atoms in total. The molecule has 0 amide bonds. The number of phenolic OH excluding ortho intramolecular Hbond substituents is 1. The van der Waals surface area contributed by atoms with Crippen LogP contribution < -0.4 is 4.74 Å². The maximum atomic E-state index is 12.6. The Morgan fingerprint density at radius 3 is 2.63 bits per heavy atom. The number of hydrogen-bond acceptors (Lipinski definition) is 6. The first-order valence-corrected chi connectivity index (χ1v) is 8.80. The zero-order chi connectivity index (χ0) is 20.0. The number of ketones is 1. The molecule has 1 aromatic rings. The van der Waals surface area contributed by atoms with E-state index in [-0.39, 0.29) is 29.4 Å². The molecular weight excluding hydrogens is 348 g/mol. The molecule has 2 rings (SSSR count). The van der Waals surface area contributed by atoms with Crippen LogP contribution in [0.2, 0.25) is 0 Å². The highest BCUT2D eigenvalue weighted by Crippen LogP contribution is 2.30. The third-order valence-electron chi connectivity index (χ3n) is 4.57. The zero-order valence-electron chi connectivity index (χ0n) is 15.7. The molecule has 1 aromatic carbocycles. The van der Waals surface area contributed by atoms with Gasteiger partial charge >= 0.3 is 5.97 Å². The number of rotatable bonds is 2. The average Bonchev–Trinajstić information content (AvgIpc) is 2.63. The van der Waals surface area contributed by atoms with E-state index in [1.54, 1.807) is 31.2 Å². The van der Waals surface area contributed by atoms with Gasteiger partial charge in [0.05, 0.1) is 7.11 Å². The lowest BCUT2D eigenvalue weighted by Gasteiger charge is -2.19. The van der Waals surface area contributed by atoms with Gasteiger partial charge in [0.1, 0.15) is 29.5 Å². The third-order valence-corrected chi connectivity index (χ3v) is 4.57. The van der Waals surface area contributed by atoms with Gasteiger partial charge < -0.3 is 19.4 Å². The van der Waals surface area contributed by atoms with Crippen LogP contribution in [0, 0.1) is 11.8 Å². The van der Waals surface area contributed by atoms with Crippen LogP contribution in [0.1, 0.15) is 42.6 Å². The number of cyclic esters (lactones) is 1. The number of aldehydes is 1. The van der Waals surface area contributed by atoms with Gasteiger partial charge in [0, 0.05) is 24.3 Å². The number of ether oxygens (including phenoxy) is 2. The molecule has 3 atom stereocenters. The molecule has 0 radical (unpaired) electrons. The number of phenols is 1. The lowest BCUT2D eigenvalue weighted by Crippen LogP contribution is -2.22. The first-order chi connectivity index (χ1) is 12.8. The highest BCUT2D eigenvalue weighted by atomic mass is 16.5. The van der Waals surface area contributed by atoms with Crippen molar-refractivity contribution < 1.29 is 29.0 Å². The summed E-state index contributed by atoms with van der Waals surface area (Å²) in [7, 11) is 1.45. The van der Waals surface area contributed by atoms with Gasteiger partial charge in [0.2, 0.25) is 0 Å². The minimum atomic E-state index is -0.669. The molecule has 0 fully saturated rings. The molecular formula is C21H24O6. The third kappa shape index (κ3) is 5.29. The van der Waals surface area contributed by atoms with Crippen LogP contribution in [-0.2, 0) is 14.3 Å². The van der Waals surface area contributed by atoms with Crippen molar-refractivity contribution in [3.63, 3.8) is 0 Å². The molecule has 1 unspecified atom stereocenters. The number of methoxy groups -OCH3 is 1. The van der Waals surface area contributed by atoms with Crippen LogP contribution in [0.25, 0.3) is 6.08 Å². The maximum Gasteiger partial charge on any atom is 0.342 e. The van der Waals surface area contributed by atoms with E-state index in [1.807, 2.05) is 6.92 Å². The molecule has 0 aliphatic carbocycles. The summed E-state index contributed by atoms with van der Waals surface area (Å²) in [4.78, 5) is 35.9. The monoisotopic (exact) mass is 372 g/mol. The van der Waals surface area contributed by atoms with Gasteiger partial charge in [-0.15, -0.1) is 0 Å². The number of aromatic hydroxyl groups is 1. The Bertz CT molecular complexity index is 777. The number of benzene rings is 1. The summed E-state index contributed by atoms with van der Waals surface area (Å²) < 4.78 is 10.6. The Morgan fingerprint density at radius 2 is 1.96 bits per heavy atom.